The predicted molar refractivity (Wildman–Crippen MR) is 80.4 cm³/mol. The summed E-state index contributed by atoms with van der Waals surface area (Å²) in [6, 6.07) is 0. The third-order valence-electron chi connectivity index (χ3n) is 4.08. The zero-order chi connectivity index (χ0) is 15.3. The first-order valence-corrected chi connectivity index (χ1v) is 11.4. The largest absolute Gasteiger partial charge is 0.343 e. The molecule has 0 atom stereocenters. The van der Waals surface area contributed by atoms with E-state index < -0.39 is 21.1 Å². The Morgan fingerprint density at radius 1 is 0.762 bits per heavy atom. The van der Waals surface area contributed by atoms with Gasteiger partial charge in [0.05, 0.1) is 12.2 Å². The minimum absolute atomic E-state index is 0.195. The number of hydrogen-bond donors (Lipinski definition) is 2. The van der Waals surface area contributed by atoms with Gasteiger partial charge in [0, 0.05) is 0 Å². The van der Waals surface area contributed by atoms with Gasteiger partial charge in [0.1, 0.15) is 0 Å². The molecule has 0 spiro atoms. The lowest BCUT2D eigenvalue weighted by molar-refractivity contribution is 0.0804. The van der Waals surface area contributed by atoms with Gasteiger partial charge in [0.25, 0.3) is 0 Å². The van der Waals surface area contributed by atoms with Gasteiger partial charge in [-0.3, -0.25) is 9.13 Å². The summed E-state index contributed by atoms with van der Waals surface area (Å²) in [6.07, 6.45) is 9.05. The molecule has 0 amide bonds. The highest BCUT2D eigenvalue weighted by Gasteiger charge is 2.39. The Morgan fingerprint density at radius 2 is 1.14 bits per heavy atom. The average Bonchev–Trinajstić information content (AvgIpc) is 2.38. The normalized spacial score (nSPS) is 23.3. The van der Waals surface area contributed by atoms with Crippen LogP contribution in [0.5, 0.6) is 0 Å². The van der Waals surface area contributed by atoms with E-state index in [0.717, 1.165) is 64.2 Å². The molecule has 21 heavy (non-hydrogen) atoms. The fraction of sp³-hybridized carbons (Fsp3) is 1.00. The van der Waals surface area contributed by atoms with Crippen LogP contribution in [-0.2, 0) is 18.2 Å². The molecular weight excluding hydrogens is 314 g/mol. The molecule has 0 aromatic rings. The molecule has 0 saturated heterocycles. The molecule has 0 radical (unpaired) electrons. The highest BCUT2D eigenvalue weighted by atomic mass is 31.2. The fourth-order valence-electron chi connectivity index (χ4n) is 3.11. The Kier molecular flexibility index (Phi) is 6.49. The minimum atomic E-state index is -4.44. The molecule has 6 nitrogen and oxygen atoms in total. The molecule has 0 aliphatic heterocycles. The van der Waals surface area contributed by atoms with Crippen LogP contribution in [0.1, 0.15) is 64.2 Å². The van der Waals surface area contributed by atoms with Crippen molar-refractivity contribution in [1.29, 1.82) is 0 Å². The van der Waals surface area contributed by atoms with E-state index in [1.165, 1.54) is 0 Å². The zero-order valence-corrected chi connectivity index (χ0v) is 14.1. The highest BCUT2D eigenvalue weighted by Crippen LogP contribution is 2.61. The van der Waals surface area contributed by atoms with Crippen molar-refractivity contribution < 1.29 is 28.0 Å². The van der Waals surface area contributed by atoms with Crippen LogP contribution in [0.15, 0.2) is 0 Å². The molecule has 0 heterocycles. The van der Waals surface area contributed by atoms with Crippen LogP contribution in [0.4, 0.5) is 0 Å². The van der Waals surface area contributed by atoms with Gasteiger partial charge >= 0.3 is 15.2 Å². The van der Waals surface area contributed by atoms with Crippen LogP contribution in [0.2, 0.25) is 0 Å². The van der Waals surface area contributed by atoms with Gasteiger partial charge in [-0.05, 0) is 25.7 Å². The van der Waals surface area contributed by atoms with Crippen molar-refractivity contribution in [2.24, 2.45) is 0 Å². The SMILES string of the molecule is O=P(O)(O)CP(=O)(OC1CCCCC1)OC1CCCCC1. The van der Waals surface area contributed by atoms with E-state index in [4.69, 9.17) is 9.05 Å². The van der Waals surface area contributed by atoms with Crippen molar-refractivity contribution in [2.45, 2.75) is 76.4 Å². The van der Waals surface area contributed by atoms with Crippen molar-refractivity contribution in [3.63, 3.8) is 0 Å². The summed E-state index contributed by atoms with van der Waals surface area (Å²) in [7, 11) is -8.18. The monoisotopic (exact) mass is 340 g/mol. The zero-order valence-electron chi connectivity index (χ0n) is 12.4. The molecule has 2 saturated carbocycles. The van der Waals surface area contributed by atoms with Gasteiger partial charge in [-0.1, -0.05) is 38.5 Å². The maximum atomic E-state index is 12.8. The molecule has 2 aliphatic rings. The third-order valence-corrected chi connectivity index (χ3v) is 8.18. The second kappa shape index (κ2) is 7.72. The lowest BCUT2D eigenvalue weighted by atomic mass is 9.98. The van der Waals surface area contributed by atoms with Crippen molar-refractivity contribution >= 4 is 15.2 Å². The molecule has 0 aromatic carbocycles. The predicted octanol–water partition coefficient (Wildman–Crippen LogP) is 4.01. The Balaban J connectivity index is 2.01. The first-order chi connectivity index (χ1) is 9.86. The molecule has 2 fully saturated rings. The van der Waals surface area contributed by atoms with Gasteiger partial charge in [0.2, 0.25) is 0 Å². The second-order valence-corrected chi connectivity index (χ2v) is 10.3. The summed E-state index contributed by atoms with van der Waals surface area (Å²) in [5, 5.41) is 0. The molecule has 124 valence electrons. The topological polar surface area (TPSA) is 93.1 Å². The van der Waals surface area contributed by atoms with E-state index in [2.05, 4.69) is 0 Å². The lowest BCUT2D eigenvalue weighted by Gasteiger charge is -2.31. The Hall–Kier alpha value is 0.300. The Bertz CT molecular complexity index is 385. The fourth-order valence-corrected chi connectivity index (χ4v) is 6.83. The molecule has 0 unspecified atom stereocenters. The molecule has 2 aliphatic carbocycles. The summed E-state index contributed by atoms with van der Waals surface area (Å²) >= 11 is 0. The van der Waals surface area contributed by atoms with Gasteiger partial charge in [-0.15, -0.1) is 0 Å². The van der Waals surface area contributed by atoms with Crippen LogP contribution in [-0.4, -0.2) is 27.9 Å². The molecule has 0 aromatic heterocycles. The van der Waals surface area contributed by atoms with E-state index in [1.807, 2.05) is 0 Å². The smallest absolute Gasteiger partial charge is 0.324 e. The number of rotatable bonds is 6. The van der Waals surface area contributed by atoms with E-state index in [0.29, 0.717) is 0 Å². The summed E-state index contributed by atoms with van der Waals surface area (Å²) in [6.45, 7) is 0. The van der Waals surface area contributed by atoms with Gasteiger partial charge in [-0.25, -0.2) is 0 Å². The van der Waals surface area contributed by atoms with E-state index in [-0.39, 0.29) is 12.2 Å². The maximum absolute atomic E-state index is 12.8. The minimum Gasteiger partial charge on any atom is -0.324 e. The molecule has 8 heteroatoms. The Morgan fingerprint density at radius 3 is 1.48 bits per heavy atom. The van der Waals surface area contributed by atoms with Gasteiger partial charge < -0.3 is 18.8 Å². The first kappa shape index (κ1) is 17.7. The average molecular weight is 340 g/mol. The third kappa shape index (κ3) is 6.52. The van der Waals surface area contributed by atoms with Crippen LogP contribution in [0.3, 0.4) is 0 Å². The summed E-state index contributed by atoms with van der Waals surface area (Å²) < 4.78 is 35.3. The molecular formula is C13H26O6P2. The lowest BCUT2D eigenvalue weighted by Crippen LogP contribution is -2.21. The summed E-state index contributed by atoms with van der Waals surface area (Å²) in [5.74, 6) is -0.799. The maximum Gasteiger partial charge on any atom is 0.343 e. The van der Waals surface area contributed by atoms with Crippen LogP contribution in [0.25, 0.3) is 0 Å². The van der Waals surface area contributed by atoms with Crippen molar-refractivity contribution in [1.82, 2.24) is 0 Å². The van der Waals surface area contributed by atoms with Crippen LogP contribution < -0.4 is 0 Å². The summed E-state index contributed by atoms with van der Waals surface area (Å²) in [4.78, 5) is 18.4. The molecule has 0 bridgehead atoms. The van der Waals surface area contributed by atoms with Gasteiger partial charge in [0.15, 0.2) is 5.90 Å². The van der Waals surface area contributed by atoms with E-state index >= 15 is 0 Å². The number of hydrogen-bond acceptors (Lipinski definition) is 4. The van der Waals surface area contributed by atoms with Crippen LogP contribution >= 0.6 is 15.2 Å². The molecule has 2 rings (SSSR count). The first-order valence-electron chi connectivity index (χ1n) is 7.87. The van der Waals surface area contributed by atoms with Gasteiger partial charge in [-0.2, -0.15) is 0 Å². The van der Waals surface area contributed by atoms with Crippen molar-refractivity contribution in [3.05, 3.63) is 0 Å². The summed E-state index contributed by atoms with van der Waals surface area (Å²) in [5.41, 5.74) is 0. The van der Waals surface area contributed by atoms with Crippen molar-refractivity contribution in [2.75, 3.05) is 5.90 Å². The van der Waals surface area contributed by atoms with E-state index in [1.54, 1.807) is 0 Å². The Labute approximate surface area is 126 Å². The van der Waals surface area contributed by atoms with Crippen molar-refractivity contribution in [3.8, 4) is 0 Å². The second-order valence-electron chi connectivity index (χ2n) is 6.15. The van der Waals surface area contributed by atoms with E-state index in [9.17, 15) is 18.9 Å². The highest BCUT2D eigenvalue weighted by molar-refractivity contribution is 7.70. The quantitative estimate of drug-likeness (QED) is 0.710. The molecule has 2 N–H and O–H groups in total. The standard InChI is InChI=1S/C13H26O6P2/c14-20(15,16)11-21(17,18-12-7-3-1-4-8-12)19-13-9-5-2-6-10-13/h12-13H,1-11H2,(H2,14,15,16). The van der Waals surface area contributed by atoms with Crippen LogP contribution in [0, 0.1) is 0 Å².